The number of nitrogens with one attached hydrogen (secondary N) is 1. The summed E-state index contributed by atoms with van der Waals surface area (Å²) in [6.45, 7) is 3.52. The summed E-state index contributed by atoms with van der Waals surface area (Å²) in [4.78, 5) is 16.8. The molecule has 3 rings (SSSR count). The van der Waals surface area contributed by atoms with Crippen molar-refractivity contribution in [3.05, 3.63) is 59.4 Å². The molecule has 1 N–H and O–H groups in total. The van der Waals surface area contributed by atoms with E-state index in [2.05, 4.69) is 15.5 Å². The Morgan fingerprint density at radius 3 is 2.35 bits per heavy atom. The molecule has 0 saturated carbocycles. The summed E-state index contributed by atoms with van der Waals surface area (Å²) in [6.07, 6.45) is 1.13. The van der Waals surface area contributed by atoms with Gasteiger partial charge >= 0.3 is 0 Å². The Bertz CT molecular complexity index is 1070. The van der Waals surface area contributed by atoms with Gasteiger partial charge in [-0.25, -0.2) is 8.42 Å². The van der Waals surface area contributed by atoms with Gasteiger partial charge < -0.3 is 9.84 Å². The van der Waals surface area contributed by atoms with E-state index in [1.165, 1.54) is 12.1 Å². The number of hydrogen-bond acceptors (Lipinski definition) is 6. The molecule has 2 aromatic carbocycles. The largest absolute Gasteiger partial charge is 0.334 e. The van der Waals surface area contributed by atoms with Gasteiger partial charge in [-0.3, -0.25) is 4.79 Å². The molecular formula is C18H17N3O4S. The number of sulfone groups is 1. The molecule has 1 amide bonds. The van der Waals surface area contributed by atoms with E-state index >= 15 is 0 Å². The molecule has 1 heterocycles. The molecule has 0 aliphatic rings. The SMILES string of the molecule is Cc1noc(-c2ccc(C(=O)Nc3cc(S(C)(=O)=O)ccc3C)cc2)n1. The van der Waals surface area contributed by atoms with Gasteiger partial charge in [-0.15, -0.1) is 0 Å². The minimum absolute atomic E-state index is 0.153. The van der Waals surface area contributed by atoms with Crippen LogP contribution in [-0.2, 0) is 9.84 Å². The van der Waals surface area contributed by atoms with Crippen LogP contribution in [0.25, 0.3) is 11.5 Å². The van der Waals surface area contributed by atoms with Crippen LogP contribution in [0.5, 0.6) is 0 Å². The van der Waals surface area contributed by atoms with Crippen LogP contribution in [-0.4, -0.2) is 30.7 Å². The number of amides is 1. The minimum atomic E-state index is -3.35. The fourth-order valence-electron chi connectivity index (χ4n) is 2.34. The molecule has 1 aromatic heterocycles. The zero-order chi connectivity index (χ0) is 18.9. The number of aryl methyl sites for hydroxylation is 2. The lowest BCUT2D eigenvalue weighted by atomic mass is 10.1. The number of carbonyl (C=O) groups is 1. The molecule has 0 aliphatic heterocycles. The lowest BCUT2D eigenvalue weighted by Gasteiger charge is -2.10. The van der Waals surface area contributed by atoms with Gasteiger partial charge in [-0.05, 0) is 55.8 Å². The lowest BCUT2D eigenvalue weighted by Crippen LogP contribution is -2.13. The molecule has 0 aliphatic carbocycles. The lowest BCUT2D eigenvalue weighted by molar-refractivity contribution is 0.102. The zero-order valence-corrected chi connectivity index (χ0v) is 15.3. The Morgan fingerprint density at radius 2 is 1.77 bits per heavy atom. The summed E-state index contributed by atoms with van der Waals surface area (Å²) in [5, 5.41) is 6.48. The van der Waals surface area contributed by atoms with Crippen molar-refractivity contribution in [1.82, 2.24) is 10.1 Å². The monoisotopic (exact) mass is 371 g/mol. The van der Waals surface area contributed by atoms with E-state index in [0.717, 1.165) is 11.8 Å². The average molecular weight is 371 g/mol. The number of hydrogen-bond donors (Lipinski definition) is 1. The van der Waals surface area contributed by atoms with E-state index in [1.54, 1.807) is 44.2 Å². The van der Waals surface area contributed by atoms with Crippen molar-refractivity contribution in [2.24, 2.45) is 0 Å². The van der Waals surface area contributed by atoms with Crippen molar-refractivity contribution >= 4 is 21.4 Å². The molecule has 3 aromatic rings. The summed E-state index contributed by atoms with van der Waals surface area (Å²) >= 11 is 0. The molecule has 0 unspecified atom stereocenters. The molecule has 7 nitrogen and oxygen atoms in total. The second-order valence-corrected chi connectivity index (χ2v) is 7.94. The van der Waals surface area contributed by atoms with E-state index in [-0.39, 0.29) is 10.8 Å². The maximum atomic E-state index is 12.5. The molecule has 0 atom stereocenters. The Kier molecular flexibility index (Phi) is 4.60. The summed E-state index contributed by atoms with van der Waals surface area (Å²) in [5.74, 6) is 0.571. The van der Waals surface area contributed by atoms with E-state index in [1.807, 2.05) is 0 Å². The molecule has 0 radical (unpaired) electrons. The molecule has 0 bridgehead atoms. The molecule has 26 heavy (non-hydrogen) atoms. The Hall–Kier alpha value is -3.00. The Balaban J connectivity index is 1.82. The molecular weight excluding hydrogens is 354 g/mol. The normalized spacial score (nSPS) is 11.3. The minimum Gasteiger partial charge on any atom is -0.334 e. The topological polar surface area (TPSA) is 102 Å². The first-order chi connectivity index (χ1) is 12.2. The number of nitrogens with zero attached hydrogens (tertiary/aromatic N) is 2. The standard InChI is InChI=1S/C18H17N3O4S/c1-11-4-9-15(26(3,23)24)10-16(11)20-17(22)13-5-7-14(8-6-13)18-19-12(2)21-25-18/h4-10H,1-3H3,(H,20,22). The van der Waals surface area contributed by atoms with Crippen LogP contribution in [0.2, 0.25) is 0 Å². The van der Waals surface area contributed by atoms with Gasteiger partial charge in [0.2, 0.25) is 0 Å². The third-order valence-corrected chi connectivity index (χ3v) is 4.92. The highest BCUT2D eigenvalue weighted by molar-refractivity contribution is 7.90. The number of benzene rings is 2. The van der Waals surface area contributed by atoms with Crippen molar-refractivity contribution in [1.29, 1.82) is 0 Å². The Labute approximate surface area is 151 Å². The number of aromatic nitrogens is 2. The van der Waals surface area contributed by atoms with E-state index in [0.29, 0.717) is 28.5 Å². The van der Waals surface area contributed by atoms with Crippen molar-refractivity contribution in [3.63, 3.8) is 0 Å². The van der Waals surface area contributed by atoms with Crippen molar-refractivity contribution in [3.8, 4) is 11.5 Å². The second kappa shape index (κ2) is 6.72. The average Bonchev–Trinajstić information content (AvgIpc) is 3.02. The maximum absolute atomic E-state index is 12.5. The highest BCUT2D eigenvalue weighted by atomic mass is 32.2. The quantitative estimate of drug-likeness (QED) is 0.756. The third-order valence-electron chi connectivity index (χ3n) is 3.81. The van der Waals surface area contributed by atoms with E-state index in [9.17, 15) is 13.2 Å². The first-order valence-corrected chi connectivity index (χ1v) is 9.66. The van der Waals surface area contributed by atoms with Crippen LogP contribution in [0, 0.1) is 13.8 Å². The van der Waals surface area contributed by atoms with Gasteiger partial charge in [0.05, 0.1) is 4.90 Å². The number of carbonyl (C=O) groups excluding carboxylic acids is 1. The second-order valence-electron chi connectivity index (χ2n) is 5.93. The van der Waals surface area contributed by atoms with Crippen molar-refractivity contribution in [2.75, 3.05) is 11.6 Å². The van der Waals surface area contributed by atoms with Gasteiger partial charge in [0.25, 0.3) is 11.8 Å². The van der Waals surface area contributed by atoms with Gasteiger partial charge in [-0.1, -0.05) is 11.2 Å². The molecule has 0 spiro atoms. The summed E-state index contributed by atoms with van der Waals surface area (Å²) in [5.41, 5.74) is 2.35. The summed E-state index contributed by atoms with van der Waals surface area (Å²) in [7, 11) is -3.35. The van der Waals surface area contributed by atoms with Crippen LogP contribution in [0.4, 0.5) is 5.69 Å². The fraction of sp³-hybridized carbons (Fsp3) is 0.167. The first kappa shape index (κ1) is 17.8. The summed E-state index contributed by atoms with van der Waals surface area (Å²) < 4.78 is 28.5. The van der Waals surface area contributed by atoms with Gasteiger partial charge in [0.1, 0.15) is 0 Å². The highest BCUT2D eigenvalue weighted by Crippen LogP contribution is 2.22. The molecule has 0 saturated heterocycles. The fourth-order valence-corrected chi connectivity index (χ4v) is 2.99. The first-order valence-electron chi connectivity index (χ1n) is 7.77. The van der Waals surface area contributed by atoms with Crippen LogP contribution in [0.1, 0.15) is 21.7 Å². The van der Waals surface area contributed by atoms with Crippen LogP contribution >= 0.6 is 0 Å². The predicted molar refractivity (Wildman–Crippen MR) is 96.7 cm³/mol. The number of anilines is 1. The van der Waals surface area contributed by atoms with Gasteiger partial charge in [0.15, 0.2) is 15.7 Å². The van der Waals surface area contributed by atoms with E-state index in [4.69, 9.17) is 4.52 Å². The van der Waals surface area contributed by atoms with Crippen molar-refractivity contribution < 1.29 is 17.7 Å². The summed E-state index contributed by atoms with van der Waals surface area (Å²) in [6, 6.07) is 11.3. The van der Waals surface area contributed by atoms with E-state index < -0.39 is 9.84 Å². The van der Waals surface area contributed by atoms with Crippen LogP contribution in [0.3, 0.4) is 0 Å². The third kappa shape index (κ3) is 3.80. The number of rotatable bonds is 4. The molecule has 8 heteroatoms. The smallest absolute Gasteiger partial charge is 0.257 e. The highest BCUT2D eigenvalue weighted by Gasteiger charge is 2.13. The van der Waals surface area contributed by atoms with Gasteiger partial charge in [-0.2, -0.15) is 4.98 Å². The van der Waals surface area contributed by atoms with Gasteiger partial charge in [0, 0.05) is 23.1 Å². The molecule has 0 fully saturated rings. The maximum Gasteiger partial charge on any atom is 0.257 e. The predicted octanol–water partition coefficient (Wildman–Crippen LogP) is 3.01. The molecule has 134 valence electrons. The zero-order valence-electron chi connectivity index (χ0n) is 14.5. The van der Waals surface area contributed by atoms with Crippen molar-refractivity contribution in [2.45, 2.75) is 18.7 Å². The van der Waals surface area contributed by atoms with Crippen LogP contribution < -0.4 is 5.32 Å². The Morgan fingerprint density at radius 1 is 1.08 bits per heavy atom. The van der Waals surface area contributed by atoms with Crippen LogP contribution in [0.15, 0.2) is 51.9 Å².